The van der Waals surface area contributed by atoms with Crippen LogP contribution in [0.4, 0.5) is 0 Å². The van der Waals surface area contributed by atoms with Gasteiger partial charge in [0.15, 0.2) is 0 Å². The normalized spacial score (nSPS) is 12.0. The van der Waals surface area contributed by atoms with Crippen molar-refractivity contribution in [1.82, 2.24) is 9.55 Å². The van der Waals surface area contributed by atoms with Gasteiger partial charge in [-0.2, -0.15) is 0 Å². The first-order valence-corrected chi connectivity index (χ1v) is 10.2. The van der Waals surface area contributed by atoms with E-state index in [1.165, 1.54) is 4.57 Å². The Morgan fingerprint density at radius 2 is 1.73 bits per heavy atom. The van der Waals surface area contributed by atoms with Gasteiger partial charge in [0.05, 0.1) is 11.3 Å². The third-order valence-electron chi connectivity index (χ3n) is 5.48. The summed E-state index contributed by atoms with van der Waals surface area (Å²) in [5.41, 5.74) is 3.74. The minimum absolute atomic E-state index is 0.125. The number of H-pyrrole nitrogens is 1. The molecule has 0 bridgehead atoms. The third kappa shape index (κ3) is 4.13. The van der Waals surface area contributed by atoms with Crippen molar-refractivity contribution in [3.63, 3.8) is 0 Å². The summed E-state index contributed by atoms with van der Waals surface area (Å²) in [4.78, 5) is 39.2. The van der Waals surface area contributed by atoms with E-state index >= 15 is 0 Å². The molecule has 0 radical (unpaired) electrons. The van der Waals surface area contributed by atoms with Crippen molar-refractivity contribution >= 4 is 11.9 Å². The predicted molar refractivity (Wildman–Crippen MR) is 116 cm³/mol. The number of carboxylic acids is 1. The van der Waals surface area contributed by atoms with Crippen molar-refractivity contribution in [2.45, 2.75) is 46.0 Å². The molecule has 6 nitrogen and oxygen atoms in total. The van der Waals surface area contributed by atoms with Crippen molar-refractivity contribution < 1.29 is 14.7 Å². The van der Waals surface area contributed by atoms with Crippen molar-refractivity contribution in [3.8, 4) is 11.1 Å². The number of aromatic nitrogens is 2. The van der Waals surface area contributed by atoms with Crippen LogP contribution in [-0.2, 0) is 6.42 Å². The number of aromatic carboxylic acids is 1. The molecule has 2 N–H and O–H groups in total. The molecular formula is C24H26N2O4. The molecule has 1 heterocycles. The molecule has 3 rings (SSSR count). The summed E-state index contributed by atoms with van der Waals surface area (Å²) < 4.78 is 1.26. The fourth-order valence-electron chi connectivity index (χ4n) is 3.61. The maximum atomic E-state index is 12.4. The van der Waals surface area contributed by atoms with Gasteiger partial charge in [-0.15, -0.1) is 0 Å². The quantitative estimate of drug-likeness (QED) is 0.595. The lowest BCUT2D eigenvalue weighted by atomic mass is 9.96. The summed E-state index contributed by atoms with van der Waals surface area (Å²) in [6.45, 7) is 5.81. The molecule has 0 saturated heterocycles. The van der Waals surface area contributed by atoms with Gasteiger partial charge in [0, 0.05) is 18.5 Å². The Kier molecular flexibility index (Phi) is 6.35. The lowest BCUT2D eigenvalue weighted by Gasteiger charge is -2.13. The molecule has 1 aromatic heterocycles. The van der Waals surface area contributed by atoms with Gasteiger partial charge in [0.2, 0.25) is 5.91 Å². The number of hydrogen-bond donors (Lipinski definition) is 2. The molecule has 2 aromatic carbocycles. The largest absolute Gasteiger partial charge is 0.478 e. The van der Waals surface area contributed by atoms with E-state index in [1.54, 1.807) is 25.1 Å². The summed E-state index contributed by atoms with van der Waals surface area (Å²) in [6, 6.07) is 14.4. The number of imidazole rings is 1. The summed E-state index contributed by atoms with van der Waals surface area (Å²) in [5.74, 6) is -1.07. The predicted octanol–water partition coefficient (Wildman–Crippen LogP) is 4.70. The number of aromatic amines is 1. The van der Waals surface area contributed by atoms with E-state index in [-0.39, 0.29) is 29.5 Å². The Morgan fingerprint density at radius 3 is 2.33 bits per heavy atom. The molecule has 0 spiro atoms. The van der Waals surface area contributed by atoms with Crippen LogP contribution in [0.5, 0.6) is 0 Å². The zero-order chi connectivity index (χ0) is 21.8. The average molecular weight is 406 g/mol. The fraction of sp³-hybridized carbons (Fsp3) is 0.292. The third-order valence-corrected chi connectivity index (χ3v) is 5.48. The highest BCUT2D eigenvalue weighted by Crippen LogP contribution is 2.26. The molecule has 156 valence electrons. The summed E-state index contributed by atoms with van der Waals surface area (Å²) in [7, 11) is 0. The molecule has 6 heteroatoms. The molecule has 3 aromatic rings. The number of rotatable bonds is 7. The second-order valence-electron chi connectivity index (χ2n) is 7.41. The summed E-state index contributed by atoms with van der Waals surface area (Å²) in [6.07, 6.45) is 1.53. The zero-order valence-electron chi connectivity index (χ0n) is 17.4. The molecule has 0 aliphatic heterocycles. The average Bonchev–Trinajstić information content (AvgIpc) is 3.08. The van der Waals surface area contributed by atoms with Crippen molar-refractivity contribution in [2.75, 3.05) is 0 Å². The molecule has 1 unspecified atom stereocenters. The van der Waals surface area contributed by atoms with Gasteiger partial charge in [-0.25, -0.2) is 14.2 Å². The first-order chi connectivity index (χ1) is 14.4. The smallest absolute Gasteiger partial charge is 0.336 e. The van der Waals surface area contributed by atoms with Crippen LogP contribution in [0.1, 0.15) is 71.6 Å². The summed E-state index contributed by atoms with van der Waals surface area (Å²) in [5, 5.41) is 9.42. The van der Waals surface area contributed by atoms with E-state index in [2.05, 4.69) is 4.98 Å². The lowest BCUT2D eigenvalue weighted by molar-refractivity contribution is 0.0697. The van der Waals surface area contributed by atoms with Gasteiger partial charge in [-0.3, -0.25) is 4.79 Å². The number of carbonyl (C=O) groups is 2. The van der Waals surface area contributed by atoms with Crippen LogP contribution in [0.15, 0.2) is 53.3 Å². The Labute approximate surface area is 175 Å². The van der Waals surface area contributed by atoms with Gasteiger partial charge in [0.1, 0.15) is 0 Å². The van der Waals surface area contributed by atoms with Crippen LogP contribution in [0.3, 0.4) is 0 Å². The number of hydrogen-bond acceptors (Lipinski definition) is 3. The number of carboxylic acid groups (broad SMARTS) is 1. The molecule has 0 saturated carbocycles. The monoisotopic (exact) mass is 406 g/mol. The number of nitrogens with zero attached hydrogens (tertiary/aromatic N) is 1. The van der Waals surface area contributed by atoms with Gasteiger partial charge in [-0.05, 0) is 35.1 Å². The fourth-order valence-corrected chi connectivity index (χ4v) is 3.61. The van der Waals surface area contributed by atoms with Crippen molar-refractivity contribution in [1.29, 1.82) is 0 Å². The van der Waals surface area contributed by atoms with E-state index in [9.17, 15) is 19.5 Å². The number of benzene rings is 2. The second kappa shape index (κ2) is 8.95. The van der Waals surface area contributed by atoms with Crippen LogP contribution in [0.25, 0.3) is 11.1 Å². The molecule has 0 aliphatic rings. The van der Waals surface area contributed by atoms with Crippen LogP contribution < -0.4 is 5.69 Å². The van der Waals surface area contributed by atoms with E-state index in [1.807, 2.05) is 44.2 Å². The van der Waals surface area contributed by atoms with Gasteiger partial charge in [0.25, 0.3) is 0 Å². The molecule has 0 aliphatic carbocycles. The van der Waals surface area contributed by atoms with Crippen molar-refractivity contribution in [3.05, 3.63) is 81.5 Å². The Bertz CT molecular complexity index is 1120. The Balaban J connectivity index is 1.99. The van der Waals surface area contributed by atoms with E-state index in [0.29, 0.717) is 17.7 Å². The first-order valence-electron chi connectivity index (χ1n) is 10.2. The topological polar surface area (TPSA) is 92.2 Å². The van der Waals surface area contributed by atoms with Crippen LogP contribution in [-0.4, -0.2) is 26.5 Å². The molecule has 0 fully saturated rings. The highest BCUT2D eigenvalue weighted by Gasteiger charge is 2.21. The van der Waals surface area contributed by atoms with Gasteiger partial charge >= 0.3 is 11.7 Å². The molecular weight excluding hydrogens is 380 g/mol. The molecule has 1 atom stereocenters. The molecule has 0 amide bonds. The van der Waals surface area contributed by atoms with E-state index in [4.69, 9.17) is 0 Å². The Hall–Kier alpha value is -3.41. The van der Waals surface area contributed by atoms with Crippen LogP contribution in [0.2, 0.25) is 0 Å². The maximum absolute atomic E-state index is 12.4. The highest BCUT2D eigenvalue weighted by atomic mass is 16.4. The maximum Gasteiger partial charge on any atom is 0.336 e. The van der Waals surface area contributed by atoms with E-state index < -0.39 is 5.97 Å². The number of carbonyl (C=O) groups excluding carboxylic acids is 1. The Morgan fingerprint density at radius 1 is 1.07 bits per heavy atom. The highest BCUT2D eigenvalue weighted by molar-refractivity contribution is 5.96. The first kappa shape index (κ1) is 21.3. The summed E-state index contributed by atoms with van der Waals surface area (Å²) >= 11 is 0. The van der Waals surface area contributed by atoms with E-state index in [0.717, 1.165) is 23.2 Å². The minimum Gasteiger partial charge on any atom is -0.478 e. The standard InChI is InChI=1S/C24H26N2O4/c1-4-15(3)22-20(26(21(27)5-2)24(30)25-22)14-16-10-12-17(13-11-16)18-8-6-7-9-19(18)23(28)29/h6-13,15H,4-5,14H2,1-3H3,(H,25,30)(H,28,29). The minimum atomic E-state index is -0.970. The van der Waals surface area contributed by atoms with Gasteiger partial charge in [-0.1, -0.05) is 63.2 Å². The van der Waals surface area contributed by atoms with Crippen LogP contribution in [0, 0.1) is 0 Å². The van der Waals surface area contributed by atoms with Crippen molar-refractivity contribution in [2.24, 2.45) is 0 Å². The van der Waals surface area contributed by atoms with Gasteiger partial charge < -0.3 is 10.1 Å². The second-order valence-corrected chi connectivity index (χ2v) is 7.41. The number of nitrogens with one attached hydrogen (secondary N) is 1. The molecule has 30 heavy (non-hydrogen) atoms. The zero-order valence-corrected chi connectivity index (χ0v) is 17.4. The van der Waals surface area contributed by atoms with Crippen LogP contribution >= 0.6 is 0 Å². The SMILES string of the molecule is CCC(=O)n1c(Cc2ccc(-c3ccccc3C(=O)O)cc2)c(C(C)CC)[nH]c1=O. The lowest BCUT2D eigenvalue weighted by Crippen LogP contribution is -2.25.